The van der Waals surface area contributed by atoms with Crippen LogP contribution in [0.25, 0.3) is 0 Å². The predicted molar refractivity (Wildman–Crippen MR) is 55.1 cm³/mol. The number of benzene rings is 1. The van der Waals surface area contributed by atoms with E-state index in [4.69, 9.17) is 6.42 Å². The zero-order valence-corrected chi connectivity index (χ0v) is 8.09. The largest absolute Gasteiger partial charge is 0.120 e. The predicted octanol–water partition coefficient (Wildman–Crippen LogP) is 3.20. The van der Waals surface area contributed by atoms with E-state index in [-0.39, 0.29) is 0 Å². The zero-order valence-electron chi connectivity index (χ0n) is 8.09. The van der Waals surface area contributed by atoms with E-state index in [2.05, 4.69) is 37.1 Å². The van der Waals surface area contributed by atoms with E-state index in [1.807, 2.05) is 13.8 Å². The van der Waals surface area contributed by atoms with Gasteiger partial charge in [-0.2, -0.15) is 0 Å². The molecule has 0 saturated heterocycles. The van der Waals surface area contributed by atoms with Crippen molar-refractivity contribution in [1.29, 1.82) is 0 Å². The van der Waals surface area contributed by atoms with Gasteiger partial charge in [0.05, 0.1) is 0 Å². The normalized spacial score (nSPS) is 7.83. The van der Waals surface area contributed by atoms with Crippen molar-refractivity contribution in [3.63, 3.8) is 0 Å². The van der Waals surface area contributed by atoms with E-state index >= 15 is 0 Å². The van der Waals surface area contributed by atoms with Crippen LogP contribution in [-0.2, 0) is 6.42 Å². The van der Waals surface area contributed by atoms with Crippen molar-refractivity contribution in [2.45, 2.75) is 27.2 Å². The molecule has 0 heteroatoms. The third-order valence-corrected chi connectivity index (χ3v) is 1.43. The van der Waals surface area contributed by atoms with Crippen LogP contribution in [0.4, 0.5) is 0 Å². The minimum atomic E-state index is 0.736. The summed E-state index contributed by atoms with van der Waals surface area (Å²) in [6.45, 7) is 6.07. The first-order chi connectivity index (χ1) is 5.83. The molecule has 0 atom stereocenters. The van der Waals surface area contributed by atoms with Gasteiger partial charge in [0.2, 0.25) is 0 Å². The Balaban J connectivity index is 0.000000561. The average molecular weight is 160 g/mol. The number of rotatable bonds is 1. The zero-order chi connectivity index (χ0) is 9.40. The molecule has 0 bridgehead atoms. The van der Waals surface area contributed by atoms with E-state index in [0.29, 0.717) is 0 Å². The van der Waals surface area contributed by atoms with E-state index in [0.717, 1.165) is 6.42 Å². The van der Waals surface area contributed by atoms with Gasteiger partial charge in [0.1, 0.15) is 0 Å². The molecule has 0 saturated carbocycles. The van der Waals surface area contributed by atoms with E-state index in [1.54, 1.807) is 0 Å². The second kappa shape index (κ2) is 6.49. The van der Waals surface area contributed by atoms with E-state index in [9.17, 15) is 0 Å². The maximum absolute atomic E-state index is 5.15. The standard InChI is InChI=1S/C10H10.C2H6/c1-3-4-10-7-5-9(2)6-8-10;1-2/h1,5-8H,4H2,2H3;1-2H3. The molecule has 0 spiro atoms. The van der Waals surface area contributed by atoms with Crippen molar-refractivity contribution in [1.82, 2.24) is 0 Å². The van der Waals surface area contributed by atoms with Crippen LogP contribution in [0.1, 0.15) is 25.0 Å². The first-order valence-electron chi connectivity index (χ1n) is 4.32. The molecule has 0 aliphatic rings. The summed E-state index contributed by atoms with van der Waals surface area (Å²) in [5, 5.41) is 0. The Kier molecular flexibility index (Phi) is 5.83. The molecule has 0 aliphatic heterocycles. The molecule has 0 heterocycles. The maximum Gasteiger partial charge on any atom is 0.0337 e. The van der Waals surface area contributed by atoms with Crippen LogP contribution in [0.2, 0.25) is 0 Å². The Morgan fingerprint density at radius 2 is 1.67 bits per heavy atom. The SMILES string of the molecule is C#CCc1ccc(C)cc1.CC. The second-order valence-corrected chi connectivity index (χ2v) is 2.37. The minimum Gasteiger partial charge on any atom is -0.120 e. The van der Waals surface area contributed by atoms with Gasteiger partial charge in [0, 0.05) is 6.42 Å². The van der Waals surface area contributed by atoms with Crippen LogP contribution >= 0.6 is 0 Å². The molecular weight excluding hydrogens is 144 g/mol. The summed E-state index contributed by atoms with van der Waals surface area (Å²) in [7, 11) is 0. The Morgan fingerprint density at radius 1 is 1.17 bits per heavy atom. The summed E-state index contributed by atoms with van der Waals surface area (Å²) in [4.78, 5) is 0. The molecule has 12 heavy (non-hydrogen) atoms. The highest BCUT2D eigenvalue weighted by Gasteiger charge is 1.86. The number of aryl methyl sites for hydroxylation is 1. The molecule has 0 fully saturated rings. The Hall–Kier alpha value is -1.22. The van der Waals surface area contributed by atoms with Crippen LogP contribution in [-0.4, -0.2) is 0 Å². The van der Waals surface area contributed by atoms with E-state index < -0.39 is 0 Å². The van der Waals surface area contributed by atoms with Crippen LogP contribution in [0, 0.1) is 19.3 Å². The van der Waals surface area contributed by atoms with Crippen molar-refractivity contribution in [2.24, 2.45) is 0 Å². The highest BCUT2D eigenvalue weighted by Crippen LogP contribution is 2.02. The molecule has 0 N–H and O–H groups in total. The van der Waals surface area contributed by atoms with Gasteiger partial charge in [-0.25, -0.2) is 0 Å². The summed E-state index contributed by atoms with van der Waals surface area (Å²) in [5.41, 5.74) is 2.49. The third-order valence-electron chi connectivity index (χ3n) is 1.43. The highest BCUT2D eigenvalue weighted by atomic mass is 13.9. The van der Waals surface area contributed by atoms with Gasteiger partial charge in [-0.15, -0.1) is 12.3 Å². The van der Waals surface area contributed by atoms with Crippen LogP contribution in [0.5, 0.6) is 0 Å². The molecule has 0 radical (unpaired) electrons. The summed E-state index contributed by atoms with van der Waals surface area (Å²) >= 11 is 0. The molecule has 0 aromatic heterocycles. The summed E-state index contributed by atoms with van der Waals surface area (Å²) in [6, 6.07) is 8.28. The maximum atomic E-state index is 5.15. The lowest BCUT2D eigenvalue weighted by Crippen LogP contribution is -1.79. The highest BCUT2D eigenvalue weighted by molar-refractivity contribution is 5.23. The lowest BCUT2D eigenvalue weighted by Gasteiger charge is -1.94. The smallest absolute Gasteiger partial charge is 0.0337 e. The van der Waals surface area contributed by atoms with Gasteiger partial charge in [-0.05, 0) is 12.5 Å². The lowest BCUT2D eigenvalue weighted by molar-refractivity contribution is 1.30. The molecule has 1 aromatic rings. The molecule has 1 aromatic carbocycles. The minimum absolute atomic E-state index is 0.736. The monoisotopic (exact) mass is 160 g/mol. The molecule has 0 nitrogen and oxygen atoms in total. The topological polar surface area (TPSA) is 0 Å². The Labute approximate surface area is 75.6 Å². The fraction of sp³-hybridized carbons (Fsp3) is 0.333. The third kappa shape index (κ3) is 3.83. The van der Waals surface area contributed by atoms with Crippen molar-refractivity contribution in [2.75, 3.05) is 0 Å². The molecule has 64 valence electrons. The van der Waals surface area contributed by atoms with E-state index in [1.165, 1.54) is 11.1 Å². The van der Waals surface area contributed by atoms with Gasteiger partial charge in [-0.3, -0.25) is 0 Å². The van der Waals surface area contributed by atoms with Crippen molar-refractivity contribution in [3.8, 4) is 12.3 Å². The van der Waals surface area contributed by atoms with Gasteiger partial charge < -0.3 is 0 Å². The van der Waals surface area contributed by atoms with Crippen molar-refractivity contribution >= 4 is 0 Å². The van der Waals surface area contributed by atoms with Gasteiger partial charge in [0.25, 0.3) is 0 Å². The quantitative estimate of drug-likeness (QED) is 0.553. The summed E-state index contributed by atoms with van der Waals surface area (Å²) in [6.07, 6.45) is 5.88. The molecule has 0 amide bonds. The average Bonchev–Trinajstić information content (AvgIpc) is 2.13. The molecule has 0 aliphatic carbocycles. The Morgan fingerprint density at radius 3 is 2.08 bits per heavy atom. The van der Waals surface area contributed by atoms with Crippen molar-refractivity contribution < 1.29 is 0 Å². The Bertz CT molecular complexity index is 236. The molecular formula is C12H16. The fourth-order valence-corrected chi connectivity index (χ4v) is 0.824. The van der Waals surface area contributed by atoms with Gasteiger partial charge in [-0.1, -0.05) is 43.7 Å². The van der Waals surface area contributed by atoms with Crippen LogP contribution < -0.4 is 0 Å². The molecule has 1 rings (SSSR count). The number of terminal acetylenes is 1. The second-order valence-electron chi connectivity index (χ2n) is 2.37. The van der Waals surface area contributed by atoms with Crippen LogP contribution in [0.3, 0.4) is 0 Å². The first-order valence-corrected chi connectivity index (χ1v) is 4.32. The van der Waals surface area contributed by atoms with Crippen LogP contribution in [0.15, 0.2) is 24.3 Å². The van der Waals surface area contributed by atoms with Gasteiger partial charge >= 0.3 is 0 Å². The lowest BCUT2D eigenvalue weighted by atomic mass is 10.1. The van der Waals surface area contributed by atoms with Crippen molar-refractivity contribution in [3.05, 3.63) is 35.4 Å². The van der Waals surface area contributed by atoms with Gasteiger partial charge in [0.15, 0.2) is 0 Å². The number of hydrogen-bond acceptors (Lipinski definition) is 0. The summed E-state index contributed by atoms with van der Waals surface area (Å²) < 4.78 is 0. The molecule has 0 unspecified atom stereocenters. The number of hydrogen-bond donors (Lipinski definition) is 0. The summed E-state index contributed by atoms with van der Waals surface area (Å²) in [5.74, 6) is 2.60. The first kappa shape index (κ1) is 10.8. The fourth-order valence-electron chi connectivity index (χ4n) is 0.824.